The SMILES string of the molecule is CC(=O)c1ccc(C(C)(C)C#N)c(CN)c1. The van der Waals surface area contributed by atoms with Crippen molar-refractivity contribution in [2.24, 2.45) is 5.73 Å². The number of rotatable bonds is 3. The number of carbonyl (C=O) groups excluding carboxylic acids is 1. The largest absolute Gasteiger partial charge is 0.326 e. The molecule has 0 heterocycles. The molecule has 0 fully saturated rings. The number of nitrogens with two attached hydrogens (primary N) is 1. The van der Waals surface area contributed by atoms with Crippen molar-refractivity contribution in [1.82, 2.24) is 0 Å². The van der Waals surface area contributed by atoms with E-state index in [9.17, 15) is 4.79 Å². The van der Waals surface area contributed by atoms with Crippen molar-refractivity contribution in [3.8, 4) is 6.07 Å². The molecule has 3 nitrogen and oxygen atoms in total. The number of ketones is 1. The summed E-state index contributed by atoms with van der Waals surface area (Å²) in [5, 5.41) is 9.09. The van der Waals surface area contributed by atoms with Crippen LogP contribution in [0.25, 0.3) is 0 Å². The van der Waals surface area contributed by atoms with E-state index in [1.54, 1.807) is 12.1 Å². The zero-order valence-corrected chi connectivity index (χ0v) is 9.87. The van der Waals surface area contributed by atoms with Gasteiger partial charge in [0.1, 0.15) is 0 Å². The lowest BCUT2D eigenvalue weighted by Gasteiger charge is -2.20. The predicted octanol–water partition coefficient (Wildman–Crippen LogP) is 2.15. The lowest BCUT2D eigenvalue weighted by Crippen LogP contribution is -2.18. The minimum atomic E-state index is -0.579. The second-order valence-electron chi connectivity index (χ2n) is 4.37. The van der Waals surface area contributed by atoms with Crippen LogP contribution in [0.1, 0.15) is 42.3 Å². The molecule has 0 atom stereocenters. The van der Waals surface area contributed by atoms with E-state index in [0.29, 0.717) is 12.1 Å². The standard InChI is InChI=1S/C13H16N2O/c1-9(16)10-4-5-12(11(6-10)7-14)13(2,3)8-15/h4-6H,7,14H2,1-3H3. The van der Waals surface area contributed by atoms with Crippen molar-refractivity contribution in [1.29, 1.82) is 5.26 Å². The number of hydrogen-bond acceptors (Lipinski definition) is 3. The molecule has 0 bridgehead atoms. The number of hydrogen-bond donors (Lipinski definition) is 1. The Hall–Kier alpha value is -1.66. The fraction of sp³-hybridized carbons (Fsp3) is 0.385. The Morgan fingerprint density at radius 3 is 2.56 bits per heavy atom. The molecule has 16 heavy (non-hydrogen) atoms. The van der Waals surface area contributed by atoms with Crippen molar-refractivity contribution in [3.63, 3.8) is 0 Å². The van der Waals surface area contributed by atoms with Gasteiger partial charge in [0.05, 0.1) is 11.5 Å². The maximum absolute atomic E-state index is 11.2. The Labute approximate surface area is 95.9 Å². The normalized spacial score (nSPS) is 10.9. The van der Waals surface area contributed by atoms with Gasteiger partial charge in [-0.3, -0.25) is 4.79 Å². The van der Waals surface area contributed by atoms with Crippen molar-refractivity contribution in [2.75, 3.05) is 0 Å². The lowest BCUT2D eigenvalue weighted by molar-refractivity contribution is 0.101. The van der Waals surface area contributed by atoms with E-state index in [2.05, 4.69) is 6.07 Å². The highest BCUT2D eigenvalue weighted by Crippen LogP contribution is 2.26. The number of carbonyl (C=O) groups is 1. The molecule has 0 amide bonds. The van der Waals surface area contributed by atoms with Gasteiger partial charge in [0.15, 0.2) is 5.78 Å². The van der Waals surface area contributed by atoms with Gasteiger partial charge in [0, 0.05) is 12.1 Å². The number of nitriles is 1. The molecule has 3 heteroatoms. The number of benzene rings is 1. The van der Waals surface area contributed by atoms with Gasteiger partial charge < -0.3 is 5.73 Å². The van der Waals surface area contributed by atoms with Crippen molar-refractivity contribution < 1.29 is 4.79 Å². The molecule has 1 rings (SSSR count). The van der Waals surface area contributed by atoms with E-state index >= 15 is 0 Å². The molecule has 0 unspecified atom stereocenters. The van der Waals surface area contributed by atoms with Gasteiger partial charge in [-0.15, -0.1) is 0 Å². The highest BCUT2D eigenvalue weighted by atomic mass is 16.1. The van der Waals surface area contributed by atoms with E-state index in [1.807, 2.05) is 19.9 Å². The molecule has 0 saturated heterocycles. The first-order valence-electron chi connectivity index (χ1n) is 5.18. The summed E-state index contributed by atoms with van der Waals surface area (Å²) >= 11 is 0. The van der Waals surface area contributed by atoms with Crippen LogP contribution < -0.4 is 5.73 Å². The molecule has 0 aliphatic carbocycles. The van der Waals surface area contributed by atoms with Gasteiger partial charge in [-0.25, -0.2) is 0 Å². The third kappa shape index (κ3) is 2.29. The average molecular weight is 216 g/mol. The molecule has 0 aliphatic rings. The van der Waals surface area contributed by atoms with Crippen LogP contribution in [0.4, 0.5) is 0 Å². The second kappa shape index (κ2) is 4.46. The zero-order chi connectivity index (χ0) is 12.3. The van der Waals surface area contributed by atoms with Crippen LogP contribution in [0, 0.1) is 11.3 Å². The van der Waals surface area contributed by atoms with Gasteiger partial charge in [-0.2, -0.15) is 5.26 Å². The topological polar surface area (TPSA) is 66.9 Å². The molecule has 84 valence electrons. The maximum atomic E-state index is 11.2. The van der Waals surface area contributed by atoms with Gasteiger partial charge in [-0.05, 0) is 38.0 Å². The molecule has 0 radical (unpaired) electrons. The third-order valence-corrected chi connectivity index (χ3v) is 2.68. The molecule has 1 aromatic carbocycles. The van der Waals surface area contributed by atoms with Gasteiger partial charge in [-0.1, -0.05) is 12.1 Å². The highest BCUT2D eigenvalue weighted by Gasteiger charge is 2.23. The van der Waals surface area contributed by atoms with Gasteiger partial charge >= 0.3 is 0 Å². The summed E-state index contributed by atoms with van der Waals surface area (Å²) in [7, 11) is 0. The van der Waals surface area contributed by atoms with Crippen molar-refractivity contribution in [2.45, 2.75) is 32.7 Å². The average Bonchev–Trinajstić information content (AvgIpc) is 2.28. The molecule has 0 aromatic heterocycles. The van der Waals surface area contributed by atoms with Crippen LogP contribution >= 0.6 is 0 Å². The van der Waals surface area contributed by atoms with E-state index in [1.165, 1.54) is 6.92 Å². The first kappa shape index (κ1) is 12.4. The molecule has 0 saturated carbocycles. The van der Waals surface area contributed by atoms with Crippen molar-refractivity contribution >= 4 is 5.78 Å². The van der Waals surface area contributed by atoms with Crippen molar-refractivity contribution in [3.05, 3.63) is 34.9 Å². The summed E-state index contributed by atoms with van der Waals surface area (Å²) in [4.78, 5) is 11.2. The lowest BCUT2D eigenvalue weighted by atomic mass is 9.82. The third-order valence-electron chi connectivity index (χ3n) is 2.68. The van der Waals surface area contributed by atoms with E-state index in [4.69, 9.17) is 11.0 Å². The Balaban J connectivity index is 3.34. The minimum absolute atomic E-state index is 0.0102. The van der Waals surface area contributed by atoms with Gasteiger partial charge in [0.2, 0.25) is 0 Å². The molecular formula is C13H16N2O. The maximum Gasteiger partial charge on any atom is 0.159 e. The fourth-order valence-corrected chi connectivity index (χ4v) is 1.65. The summed E-state index contributed by atoms with van der Waals surface area (Å²) < 4.78 is 0. The molecule has 2 N–H and O–H groups in total. The van der Waals surface area contributed by atoms with Crippen LogP contribution in [0.3, 0.4) is 0 Å². The van der Waals surface area contributed by atoms with E-state index in [-0.39, 0.29) is 5.78 Å². The summed E-state index contributed by atoms with van der Waals surface area (Å²) in [6.07, 6.45) is 0. The van der Waals surface area contributed by atoms with Crippen LogP contribution in [0.5, 0.6) is 0 Å². The molecule has 0 aliphatic heterocycles. The first-order valence-corrected chi connectivity index (χ1v) is 5.18. The highest BCUT2D eigenvalue weighted by molar-refractivity contribution is 5.94. The quantitative estimate of drug-likeness (QED) is 0.787. The molecule has 0 spiro atoms. The van der Waals surface area contributed by atoms with E-state index < -0.39 is 5.41 Å². The monoisotopic (exact) mass is 216 g/mol. The summed E-state index contributed by atoms with van der Waals surface area (Å²) in [6.45, 7) is 5.54. The van der Waals surface area contributed by atoms with Crippen LogP contribution in [-0.4, -0.2) is 5.78 Å². The minimum Gasteiger partial charge on any atom is -0.326 e. The predicted molar refractivity (Wildman–Crippen MR) is 63.0 cm³/mol. The fourth-order valence-electron chi connectivity index (χ4n) is 1.65. The van der Waals surface area contributed by atoms with Gasteiger partial charge in [0.25, 0.3) is 0 Å². The van der Waals surface area contributed by atoms with Crippen LogP contribution in [0.15, 0.2) is 18.2 Å². The van der Waals surface area contributed by atoms with E-state index in [0.717, 1.165) is 11.1 Å². The Kier molecular flexibility index (Phi) is 3.46. The smallest absolute Gasteiger partial charge is 0.159 e. The molecular weight excluding hydrogens is 200 g/mol. The summed E-state index contributed by atoms with van der Waals surface area (Å²) in [5.74, 6) is 0.0102. The zero-order valence-electron chi connectivity index (χ0n) is 9.87. The number of nitrogens with zero attached hydrogens (tertiary/aromatic N) is 1. The second-order valence-corrected chi connectivity index (χ2v) is 4.37. The van der Waals surface area contributed by atoms with Crippen LogP contribution in [-0.2, 0) is 12.0 Å². The van der Waals surface area contributed by atoms with Crippen LogP contribution in [0.2, 0.25) is 0 Å². The summed E-state index contributed by atoms with van der Waals surface area (Å²) in [6, 6.07) is 7.58. The summed E-state index contributed by atoms with van der Waals surface area (Å²) in [5.41, 5.74) is 7.46. The molecule has 1 aromatic rings. The first-order chi connectivity index (χ1) is 7.42. The Morgan fingerprint density at radius 1 is 1.50 bits per heavy atom. The Bertz CT molecular complexity index is 455. The Morgan fingerprint density at radius 2 is 2.12 bits per heavy atom. The number of Topliss-reactive ketones (excluding diaryl/α,β-unsaturated/α-hetero) is 1.